The van der Waals surface area contributed by atoms with Gasteiger partial charge in [-0.2, -0.15) is 0 Å². The highest BCUT2D eigenvalue weighted by molar-refractivity contribution is 5.88. The molecule has 0 aliphatic heterocycles. The summed E-state index contributed by atoms with van der Waals surface area (Å²) in [4.78, 5) is 28.6. The third-order valence-electron chi connectivity index (χ3n) is 5.70. The van der Waals surface area contributed by atoms with E-state index in [9.17, 15) is 14.0 Å². The van der Waals surface area contributed by atoms with E-state index < -0.39 is 6.04 Å². The summed E-state index contributed by atoms with van der Waals surface area (Å²) in [6.07, 6.45) is 1.50. The van der Waals surface area contributed by atoms with Crippen molar-refractivity contribution in [3.63, 3.8) is 0 Å². The predicted molar refractivity (Wildman–Crippen MR) is 135 cm³/mol. The molecule has 0 radical (unpaired) electrons. The Morgan fingerprint density at radius 3 is 2.23 bits per heavy atom. The van der Waals surface area contributed by atoms with Crippen LogP contribution < -0.4 is 5.32 Å². The van der Waals surface area contributed by atoms with Crippen LogP contribution in [0.25, 0.3) is 0 Å². The second-order valence-corrected chi connectivity index (χ2v) is 8.29. The molecule has 0 saturated carbocycles. The number of halogens is 1. The zero-order valence-electron chi connectivity index (χ0n) is 20.2. The van der Waals surface area contributed by atoms with Crippen LogP contribution in [-0.2, 0) is 27.3 Å². The van der Waals surface area contributed by atoms with Crippen LogP contribution in [0.3, 0.4) is 0 Å². The molecule has 0 saturated heterocycles. The minimum atomic E-state index is -0.809. The van der Waals surface area contributed by atoms with E-state index in [1.165, 1.54) is 12.1 Å². The Balaban J connectivity index is 1.85. The molecule has 1 atom stereocenters. The molecule has 0 aromatic heterocycles. The number of aryl methyl sites for hydroxylation is 1. The van der Waals surface area contributed by atoms with Gasteiger partial charge in [0.25, 0.3) is 0 Å². The maximum absolute atomic E-state index is 13.6. The molecule has 0 heterocycles. The van der Waals surface area contributed by atoms with Gasteiger partial charge in [0.15, 0.2) is 0 Å². The molecule has 0 spiro atoms. The third-order valence-corrected chi connectivity index (χ3v) is 5.70. The summed E-state index contributed by atoms with van der Waals surface area (Å²) in [5.74, 6) is -0.735. The maximum Gasteiger partial charge on any atom is 0.247 e. The van der Waals surface area contributed by atoms with Crippen LogP contribution in [0.4, 0.5) is 4.39 Å². The minimum absolute atomic E-state index is 0.142. The van der Waals surface area contributed by atoms with Gasteiger partial charge in [-0.15, -0.1) is 0 Å². The highest BCUT2D eigenvalue weighted by Gasteiger charge is 2.31. The van der Waals surface area contributed by atoms with Crippen molar-refractivity contribution in [3.8, 4) is 0 Å². The first-order valence-electron chi connectivity index (χ1n) is 12.1. The Labute approximate surface area is 206 Å². The van der Waals surface area contributed by atoms with Crippen molar-refractivity contribution in [2.75, 3.05) is 19.8 Å². The van der Waals surface area contributed by atoms with Crippen molar-refractivity contribution in [1.82, 2.24) is 10.2 Å². The number of rotatable bonds is 13. The van der Waals surface area contributed by atoms with E-state index in [1.807, 2.05) is 67.6 Å². The predicted octanol–water partition coefficient (Wildman–Crippen LogP) is 5.07. The molecular formula is C29H33FN2O3. The van der Waals surface area contributed by atoms with E-state index in [1.54, 1.807) is 17.0 Å². The molecule has 0 unspecified atom stereocenters. The molecule has 5 nitrogen and oxygen atoms in total. The number of carbonyl (C=O) groups is 2. The van der Waals surface area contributed by atoms with Crippen LogP contribution in [0.1, 0.15) is 42.5 Å². The fraction of sp³-hybridized carbons (Fsp3) is 0.310. The van der Waals surface area contributed by atoms with Crippen LogP contribution in [0, 0.1) is 5.82 Å². The van der Waals surface area contributed by atoms with Crippen molar-refractivity contribution in [1.29, 1.82) is 0 Å². The lowest BCUT2D eigenvalue weighted by Crippen LogP contribution is -2.43. The highest BCUT2D eigenvalue weighted by atomic mass is 19.1. The minimum Gasteiger partial charge on any atom is -0.382 e. The lowest BCUT2D eigenvalue weighted by atomic mass is 10.0. The third kappa shape index (κ3) is 8.34. The molecule has 3 rings (SSSR count). The summed E-state index contributed by atoms with van der Waals surface area (Å²) in [7, 11) is 0. The summed E-state index contributed by atoms with van der Waals surface area (Å²) in [5.41, 5.74) is 2.54. The van der Waals surface area contributed by atoms with Gasteiger partial charge in [-0.25, -0.2) is 4.39 Å². The number of nitrogens with zero attached hydrogens (tertiary/aromatic N) is 1. The maximum atomic E-state index is 13.6. The first-order valence-corrected chi connectivity index (χ1v) is 12.1. The Hall–Kier alpha value is -3.51. The van der Waals surface area contributed by atoms with Crippen molar-refractivity contribution < 1.29 is 18.7 Å². The van der Waals surface area contributed by atoms with E-state index in [2.05, 4.69) is 5.32 Å². The SMILES string of the molecule is CCOCCCNC(=O)[C@@H](c1ccccc1)N(Cc1ccc(F)cc1)C(=O)CCc1ccccc1. The van der Waals surface area contributed by atoms with E-state index in [0.29, 0.717) is 32.6 Å². The van der Waals surface area contributed by atoms with Gasteiger partial charge in [0.2, 0.25) is 11.8 Å². The van der Waals surface area contributed by atoms with Crippen molar-refractivity contribution in [2.24, 2.45) is 0 Å². The van der Waals surface area contributed by atoms with Gasteiger partial charge in [-0.05, 0) is 48.6 Å². The molecule has 6 heteroatoms. The molecule has 1 N–H and O–H groups in total. The first-order chi connectivity index (χ1) is 17.1. The number of amides is 2. The average molecular weight is 477 g/mol. The molecule has 35 heavy (non-hydrogen) atoms. The molecule has 184 valence electrons. The molecular weight excluding hydrogens is 443 g/mol. The quantitative estimate of drug-likeness (QED) is 0.351. The number of ether oxygens (including phenoxy) is 1. The van der Waals surface area contributed by atoms with Gasteiger partial charge < -0.3 is 15.0 Å². The fourth-order valence-electron chi connectivity index (χ4n) is 3.88. The van der Waals surface area contributed by atoms with E-state index in [0.717, 1.165) is 16.7 Å². The lowest BCUT2D eigenvalue weighted by Gasteiger charge is -2.32. The zero-order valence-corrected chi connectivity index (χ0v) is 20.2. The number of carbonyl (C=O) groups excluding carboxylic acids is 2. The van der Waals surface area contributed by atoms with Crippen LogP contribution >= 0.6 is 0 Å². The molecule has 0 aliphatic rings. The summed E-state index contributed by atoms with van der Waals surface area (Å²) in [5, 5.41) is 2.97. The molecule has 0 aliphatic carbocycles. The van der Waals surface area contributed by atoms with E-state index in [-0.39, 0.29) is 30.6 Å². The fourth-order valence-corrected chi connectivity index (χ4v) is 3.88. The Kier molecular flexibility index (Phi) is 10.5. The molecule has 0 fully saturated rings. The van der Waals surface area contributed by atoms with Crippen molar-refractivity contribution >= 4 is 11.8 Å². The topological polar surface area (TPSA) is 58.6 Å². The van der Waals surface area contributed by atoms with Crippen molar-refractivity contribution in [3.05, 3.63) is 107 Å². The second kappa shape index (κ2) is 14.0. The molecule has 2 amide bonds. The van der Waals surface area contributed by atoms with Gasteiger partial charge in [-0.1, -0.05) is 72.8 Å². The second-order valence-electron chi connectivity index (χ2n) is 8.29. The first kappa shape index (κ1) is 26.1. The molecule has 0 bridgehead atoms. The van der Waals surface area contributed by atoms with Gasteiger partial charge in [-0.3, -0.25) is 9.59 Å². The normalized spacial score (nSPS) is 11.6. The number of nitrogens with one attached hydrogen (secondary N) is 1. The van der Waals surface area contributed by atoms with Gasteiger partial charge in [0, 0.05) is 32.7 Å². The summed E-state index contributed by atoms with van der Waals surface area (Å²) in [6.45, 7) is 3.76. The standard InChI is InChI=1S/C29H33FN2O3/c1-2-35-21-9-20-31-29(34)28(25-12-7-4-8-13-25)32(22-24-14-17-26(30)18-15-24)27(33)19-16-23-10-5-3-6-11-23/h3-8,10-15,17-18,28H,2,9,16,19-22H2,1H3,(H,31,34)/t28-/m1/s1. The van der Waals surface area contributed by atoms with Crippen LogP contribution in [0.15, 0.2) is 84.9 Å². The van der Waals surface area contributed by atoms with E-state index in [4.69, 9.17) is 4.74 Å². The van der Waals surface area contributed by atoms with Crippen molar-refractivity contribution in [2.45, 2.75) is 38.8 Å². The van der Waals surface area contributed by atoms with Gasteiger partial charge in [0.05, 0.1) is 0 Å². The van der Waals surface area contributed by atoms with Gasteiger partial charge >= 0.3 is 0 Å². The monoisotopic (exact) mass is 476 g/mol. The highest BCUT2D eigenvalue weighted by Crippen LogP contribution is 2.25. The average Bonchev–Trinajstić information content (AvgIpc) is 2.89. The van der Waals surface area contributed by atoms with Crippen LogP contribution in [0.2, 0.25) is 0 Å². The van der Waals surface area contributed by atoms with Crippen LogP contribution in [0.5, 0.6) is 0 Å². The van der Waals surface area contributed by atoms with Crippen LogP contribution in [-0.4, -0.2) is 36.5 Å². The number of benzene rings is 3. The molecule has 3 aromatic carbocycles. The number of hydrogen-bond acceptors (Lipinski definition) is 3. The number of hydrogen-bond donors (Lipinski definition) is 1. The summed E-state index contributed by atoms with van der Waals surface area (Å²) < 4.78 is 18.9. The summed E-state index contributed by atoms with van der Waals surface area (Å²) >= 11 is 0. The van der Waals surface area contributed by atoms with Gasteiger partial charge in [0.1, 0.15) is 11.9 Å². The summed E-state index contributed by atoms with van der Waals surface area (Å²) in [6, 6.07) is 24.3. The Morgan fingerprint density at radius 2 is 1.57 bits per heavy atom. The van der Waals surface area contributed by atoms with E-state index >= 15 is 0 Å². The largest absolute Gasteiger partial charge is 0.382 e. The Bertz CT molecular complexity index is 1040. The Morgan fingerprint density at radius 1 is 0.914 bits per heavy atom. The molecule has 3 aromatic rings. The zero-order chi connectivity index (χ0) is 24.9. The lowest BCUT2D eigenvalue weighted by molar-refractivity contribution is -0.141. The smallest absolute Gasteiger partial charge is 0.247 e.